The first kappa shape index (κ1) is 19.1. The van der Waals surface area contributed by atoms with Crippen LogP contribution in [0.1, 0.15) is 5.56 Å². The van der Waals surface area contributed by atoms with E-state index in [2.05, 4.69) is 27.2 Å². The van der Waals surface area contributed by atoms with Crippen LogP contribution in [0.4, 0.5) is 0 Å². The number of aryl methyl sites for hydroxylation is 1. The molecule has 0 radical (unpaired) electrons. The Morgan fingerprint density at radius 2 is 1.86 bits per heavy atom. The number of hydrogen-bond donors (Lipinski definition) is 1. The van der Waals surface area contributed by atoms with Gasteiger partial charge in [0.2, 0.25) is 5.88 Å². The number of rotatable bonds is 6. The van der Waals surface area contributed by atoms with Gasteiger partial charge in [-0.25, -0.2) is 9.67 Å². The van der Waals surface area contributed by atoms with Crippen LogP contribution < -0.4 is 10.5 Å². The van der Waals surface area contributed by atoms with Crippen molar-refractivity contribution in [3.8, 4) is 34.1 Å². The van der Waals surface area contributed by atoms with Gasteiger partial charge in [0.15, 0.2) is 0 Å². The maximum atomic E-state index is 6.18. The molecule has 3 aromatic heterocycles. The molecule has 4 aromatic rings. The molecule has 0 fully saturated rings. The highest BCUT2D eigenvalue weighted by atomic mass is 35.5. The molecule has 0 atom stereocenters. The van der Waals surface area contributed by atoms with E-state index < -0.39 is 0 Å². The van der Waals surface area contributed by atoms with Crippen LogP contribution in [0.25, 0.3) is 22.5 Å². The number of halogens is 1. The fourth-order valence-electron chi connectivity index (χ4n) is 3.03. The molecule has 29 heavy (non-hydrogen) atoms. The Balaban J connectivity index is 1.67. The fraction of sp³-hybridized carbons (Fsp3) is 0.136. The highest BCUT2D eigenvalue weighted by Gasteiger charge is 2.14. The van der Waals surface area contributed by atoms with Gasteiger partial charge in [-0.2, -0.15) is 5.10 Å². The quantitative estimate of drug-likeness (QED) is 0.478. The monoisotopic (exact) mass is 405 g/mol. The van der Waals surface area contributed by atoms with Crippen molar-refractivity contribution in [3.63, 3.8) is 0 Å². The summed E-state index contributed by atoms with van der Waals surface area (Å²) in [6, 6.07) is 17.4. The summed E-state index contributed by atoms with van der Waals surface area (Å²) in [5, 5.41) is 4.86. The van der Waals surface area contributed by atoms with Crippen LogP contribution in [0.2, 0.25) is 5.15 Å². The number of ether oxygens (including phenoxy) is 1. The van der Waals surface area contributed by atoms with Gasteiger partial charge in [0.1, 0.15) is 16.6 Å². The Kier molecular flexibility index (Phi) is 5.55. The predicted octanol–water partition coefficient (Wildman–Crippen LogP) is 4.49. The van der Waals surface area contributed by atoms with E-state index in [1.54, 1.807) is 23.1 Å². The van der Waals surface area contributed by atoms with E-state index in [-0.39, 0.29) is 0 Å². The second-order valence-electron chi connectivity index (χ2n) is 6.55. The number of pyridine rings is 2. The van der Waals surface area contributed by atoms with Gasteiger partial charge in [-0.15, -0.1) is 0 Å². The lowest BCUT2D eigenvalue weighted by molar-refractivity contribution is 0.432. The molecule has 0 unspecified atom stereocenters. The number of nitrogens with two attached hydrogens (primary N) is 1. The standard InChI is InChI=1S/C22H20ClN5O/c1-28-22(12-19(27-28)18-4-2-3-11-25-18)29-20-13-21(23)26-14-17(20)16-7-5-15(6-8-16)9-10-24/h2-8,11-14H,9-10,24H2,1H3. The topological polar surface area (TPSA) is 78.8 Å². The van der Waals surface area contributed by atoms with Crippen molar-refractivity contribution < 1.29 is 4.74 Å². The van der Waals surface area contributed by atoms with Crippen molar-refractivity contribution in [2.75, 3.05) is 6.54 Å². The lowest BCUT2D eigenvalue weighted by Crippen LogP contribution is -2.02. The van der Waals surface area contributed by atoms with E-state index >= 15 is 0 Å². The summed E-state index contributed by atoms with van der Waals surface area (Å²) in [4.78, 5) is 8.57. The first-order valence-electron chi connectivity index (χ1n) is 9.22. The average Bonchev–Trinajstić information content (AvgIpc) is 3.10. The van der Waals surface area contributed by atoms with Crippen LogP contribution in [0, 0.1) is 0 Å². The Morgan fingerprint density at radius 3 is 2.59 bits per heavy atom. The lowest BCUT2D eigenvalue weighted by Gasteiger charge is -2.12. The third kappa shape index (κ3) is 4.29. The molecule has 0 aliphatic carbocycles. The average molecular weight is 406 g/mol. The second-order valence-corrected chi connectivity index (χ2v) is 6.93. The van der Waals surface area contributed by atoms with Gasteiger partial charge in [0.05, 0.1) is 5.69 Å². The van der Waals surface area contributed by atoms with Gasteiger partial charge in [0.25, 0.3) is 0 Å². The number of aromatic nitrogens is 4. The van der Waals surface area contributed by atoms with Crippen LogP contribution in [0.5, 0.6) is 11.6 Å². The highest BCUT2D eigenvalue weighted by molar-refractivity contribution is 6.29. The van der Waals surface area contributed by atoms with Crippen LogP contribution in [0.3, 0.4) is 0 Å². The Labute approximate surface area is 174 Å². The van der Waals surface area contributed by atoms with Crippen molar-refractivity contribution in [2.24, 2.45) is 12.8 Å². The van der Waals surface area contributed by atoms with E-state index in [1.165, 1.54) is 5.56 Å². The highest BCUT2D eigenvalue weighted by Crippen LogP contribution is 2.35. The molecule has 0 amide bonds. The molecule has 0 bridgehead atoms. The zero-order valence-corrected chi connectivity index (χ0v) is 16.7. The summed E-state index contributed by atoms with van der Waals surface area (Å²) in [6.45, 7) is 0.620. The van der Waals surface area contributed by atoms with Crippen LogP contribution in [0.15, 0.2) is 67.0 Å². The predicted molar refractivity (Wildman–Crippen MR) is 114 cm³/mol. The number of benzene rings is 1. The molecule has 0 saturated heterocycles. The fourth-order valence-corrected chi connectivity index (χ4v) is 3.18. The lowest BCUT2D eigenvalue weighted by atomic mass is 10.0. The summed E-state index contributed by atoms with van der Waals surface area (Å²) >= 11 is 6.14. The number of nitrogens with zero attached hydrogens (tertiary/aromatic N) is 4. The van der Waals surface area contributed by atoms with Crippen LogP contribution >= 0.6 is 11.6 Å². The Morgan fingerprint density at radius 1 is 1.03 bits per heavy atom. The third-order valence-electron chi connectivity index (χ3n) is 4.51. The molecule has 146 valence electrons. The van der Waals surface area contributed by atoms with E-state index in [0.717, 1.165) is 28.9 Å². The minimum Gasteiger partial charge on any atom is -0.438 e. The molecule has 0 aliphatic heterocycles. The van der Waals surface area contributed by atoms with E-state index in [9.17, 15) is 0 Å². The Bertz CT molecular complexity index is 1110. The zero-order chi connectivity index (χ0) is 20.2. The SMILES string of the molecule is Cn1nc(-c2ccccn2)cc1Oc1cc(Cl)ncc1-c1ccc(CCN)cc1. The number of hydrogen-bond acceptors (Lipinski definition) is 5. The molecule has 0 spiro atoms. The molecule has 0 saturated carbocycles. The van der Waals surface area contributed by atoms with Gasteiger partial charge < -0.3 is 10.5 Å². The van der Waals surface area contributed by atoms with E-state index in [4.69, 9.17) is 22.1 Å². The van der Waals surface area contributed by atoms with Gasteiger partial charge in [-0.1, -0.05) is 41.9 Å². The summed E-state index contributed by atoms with van der Waals surface area (Å²) in [5.41, 5.74) is 10.2. The van der Waals surface area contributed by atoms with E-state index in [1.807, 2.05) is 43.4 Å². The summed E-state index contributed by atoms with van der Waals surface area (Å²) < 4.78 is 7.86. The van der Waals surface area contributed by atoms with Crippen LogP contribution in [-0.4, -0.2) is 26.3 Å². The minimum absolute atomic E-state index is 0.357. The molecule has 4 rings (SSSR count). The maximum Gasteiger partial charge on any atom is 0.218 e. The van der Waals surface area contributed by atoms with Gasteiger partial charge in [-0.05, 0) is 36.2 Å². The summed E-state index contributed by atoms with van der Waals surface area (Å²) in [5.74, 6) is 1.18. The minimum atomic E-state index is 0.357. The molecule has 3 heterocycles. The van der Waals surface area contributed by atoms with Gasteiger partial charge in [-0.3, -0.25) is 4.98 Å². The first-order chi connectivity index (χ1) is 14.1. The van der Waals surface area contributed by atoms with Crippen molar-refractivity contribution >= 4 is 11.6 Å². The zero-order valence-electron chi connectivity index (χ0n) is 15.9. The molecule has 6 nitrogen and oxygen atoms in total. The van der Waals surface area contributed by atoms with Crippen molar-refractivity contribution in [1.29, 1.82) is 0 Å². The van der Waals surface area contributed by atoms with Crippen LogP contribution in [-0.2, 0) is 13.5 Å². The molecule has 7 heteroatoms. The second kappa shape index (κ2) is 8.43. The van der Waals surface area contributed by atoms with Gasteiger partial charge in [0, 0.05) is 37.1 Å². The Hall–Kier alpha value is -3.22. The van der Waals surface area contributed by atoms with Crippen molar-refractivity contribution in [1.82, 2.24) is 19.7 Å². The molecule has 0 aliphatic rings. The van der Waals surface area contributed by atoms with Crippen molar-refractivity contribution in [2.45, 2.75) is 6.42 Å². The molecule has 2 N–H and O–H groups in total. The van der Waals surface area contributed by atoms with Gasteiger partial charge >= 0.3 is 0 Å². The largest absolute Gasteiger partial charge is 0.438 e. The summed E-state index contributed by atoms with van der Waals surface area (Å²) in [6.07, 6.45) is 4.29. The normalized spacial score (nSPS) is 10.9. The summed E-state index contributed by atoms with van der Waals surface area (Å²) in [7, 11) is 1.83. The molecule has 1 aromatic carbocycles. The van der Waals surface area contributed by atoms with Crippen molar-refractivity contribution in [3.05, 3.63) is 77.7 Å². The van der Waals surface area contributed by atoms with E-state index in [0.29, 0.717) is 23.3 Å². The first-order valence-corrected chi connectivity index (χ1v) is 9.60. The molecular weight excluding hydrogens is 386 g/mol. The third-order valence-corrected chi connectivity index (χ3v) is 4.72. The molecular formula is C22H20ClN5O. The smallest absolute Gasteiger partial charge is 0.218 e. The maximum absolute atomic E-state index is 6.18.